The minimum absolute atomic E-state index is 0.0327. The van der Waals surface area contributed by atoms with Gasteiger partial charge in [0.15, 0.2) is 0 Å². The predicted molar refractivity (Wildman–Crippen MR) is 118 cm³/mol. The number of hydrogen-bond acceptors (Lipinski definition) is 5. The third kappa shape index (κ3) is 4.59. The molecule has 0 bridgehead atoms. The largest absolute Gasteiger partial charge is 0.322 e. The van der Waals surface area contributed by atoms with Gasteiger partial charge in [-0.3, -0.25) is 4.79 Å². The second-order valence-corrected chi connectivity index (χ2v) is 8.63. The van der Waals surface area contributed by atoms with Gasteiger partial charge in [0.05, 0.1) is 11.7 Å². The summed E-state index contributed by atoms with van der Waals surface area (Å²) in [6, 6.07) is 8.13. The number of urea groups is 1. The summed E-state index contributed by atoms with van der Waals surface area (Å²) in [5.41, 5.74) is 2.67. The molecule has 3 amide bonds. The fourth-order valence-electron chi connectivity index (χ4n) is 3.63. The van der Waals surface area contributed by atoms with Crippen molar-refractivity contribution in [2.24, 2.45) is 0 Å². The molecule has 3 aromatic rings. The molecule has 4 rings (SSSR count). The molecule has 32 heavy (non-hydrogen) atoms. The van der Waals surface area contributed by atoms with Gasteiger partial charge in [0.2, 0.25) is 5.01 Å². The van der Waals surface area contributed by atoms with Crippen molar-refractivity contribution in [3.05, 3.63) is 69.2 Å². The first-order chi connectivity index (χ1) is 15.3. The molecule has 0 spiro atoms. The third-order valence-electron chi connectivity index (χ3n) is 5.24. The van der Waals surface area contributed by atoms with Crippen LogP contribution in [0.15, 0.2) is 36.4 Å². The normalized spacial score (nSPS) is 15.6. The first-order valence-electron chi connectivity index (χ1n) is 10.1. The number of anilines is 2. The van der Waals surface area contributed by atoms with E-state index in [9.17, 15) is 18.4 Å². The summed E-state index contributed by atoms with van der Waals surface area (Å²) in [6.07, 6.45) is 1.50. The van der Waals surface area contributed by atoms with Gasteiger partial charge in [-0.2, -0.15) is 0 Å². The summed E-state index contributed by atoms with van der Waals surface area (Å²) in [6.45, 7) is 4.48. The lowest BCUT2D eigenvalue weighted by Crippen LogP contribution is -2.34. The molecular weight excluding hydrogens is 436 g/mol. The van der Waals surface area contributed by atoms with E-state index in [-0.39, 0.29) is 22.8 Å². The van der Waals surface area contributed by atoms with Crippen molar-refractivity contribution < 1.29 is 18.4 Å². The van der Waals surface area contributed by atoms with Crippen molar-refractivity contribution in [1.29, 1.82) is 0 Å². The maximum absolute atomic E-state index is 13.8. The van der Waals surface area contributed by atoms with E-state index in [4.69, 9.17) is 0 Å². The van der Waals surface area contributed by atoms with Gasteiger partial charge in [0.1, 0.15) is 16.6 Å². The van der Waals surface area contributed by atoms with E-state index in [1.54, 1.807) is 4.90 Å². The van der Waals surface area contributed by atoms with Crippen molar-refractivity contribution in [2.45, 2.75) is 32.7 Å². The molecule has 1 atom stereocenters. The number of amides is 3. The molecule has 0 aliphatic carbocycles. The molecule has 1 aliphatic rings. The van der Waals surface area contributed by atoms with Gasteiger partial charge in [0.25, 0.3) is 5.91 Å². The monoisotopic (exact) mass is 457 g/mol. The van der Waals surface area contributed by atoms with Crippen LogP contribution in [0.2, 0.25) is 0 Å². The molecule has 1 aromatic heterocycles. The van der Waals surface area contributed by atoms with Crippen LogP contribution in [0, 0.1) is 25.5 Å². The van der Waals surface area contributed by atoms with Gasteiger partial charge in [-0.05, 0) is 50.5 Å². The number of halogens is 2. The van der Waals surface area contributed by atoms with Gasteiger partial charge in [-0.15, -0.1) is 10.2 Å². The highest BCUT2D eigenvalue weighted by Gasteiger charge is 2.33. The van der Waals surface area contributed by atoms with Crippen molar-refractivity contribution >= 4 is 34.6 Å². The van der Waals surface area contributed by atoms with Crippen LogP contribution in [0.3, 0.4) is 0 Å². The van der Waals surface area contributed by atoms with E-state index in [0.717, 1.165) is 46.7 Å². The number of aryl methyl sites for hydroxylation is 2. The Hall–Kier alpha value is -3.40. The van der Waals surface area contributed by atoms with Crippen LogP contribution in [-0.4, -0.2) is 33.6 Å². The lowest BCUT2D eigenvalue weighted by molar-refractivity contribution is 0.102. The summed E-state index contributed by atoms with van der Waals surface area (Å²) in [5.74, 6) is -2.27. The number of nitrogens with one attached hydrogen (secondary N) is 2. The molecule has 0 radical (unpaired) electrons. The SMILES string of the molecule is Cc1ccc(NC(=O)N2CCCC2c2nnc(C(=O)Nc3ccc(F)cc3F)s2)c(C)c1. The van der Waals surface area contributed by atoms with Crippen molar-refractivity contribution in [3.8, 4) is 0 Å². The van der Waals surface area contributed by atoms with Gasteiger partial charge in [-0.25, -0.2) is 13.6 Å². The lowest BCUT2D eigenvalue weighted by Gasteiger charge is -2.23. The Balaban J connectivity index is 1.46. The molecule has 2 N–H and O–H groups in total. The third-order valence-corrected chi connectivity index (χ3v) is 6.26. The zero-order valence-corrected chi connectivity index (χ0v) is 18.3. The van der Waals surface area contributed by atoms with Crippen molar-refractivity contribution in [2.75, 3.05) is 17.2 Å². The minimum atomic E-state index is -0.881. The maximum atomic E-state index is 13.8. The molecule has 1 aliphatic heterocycles. The first kappa shape index (κ1) is 21.8. The summed E-state index contributed by atoms with van der Waals surface area (Å²) >= 11 is 1.05. The summed E-state index contributed by atoms with van der Waals surface area (Å²) < 4.78 is 26.9. The van der Waals surface area contributed by atoms with Crippen molar-refractivity contribution in [1.82, 2.24) is 15.1 Å². The highest BCUT2D eigenvalue weighted by atomic mass is 32.1. The van der Waals surface area contributed by atoms with Crippen LogP contribution in [0.1, 0.15) is 44.8 Å². The minimum Gasteiger partial charge on any atom is -0.317 e. The number of carbonyl (C=O) groups excluding carboxylic acids is 2. The quantitative estimate of drug-likeness (QED) is 0.574. The highest BCUT2D eigenvalue weighted by molar-refractivity contribution is 7.13. The van der Waals surface area contributed by atoms with Gasteiger partial charge in [0, 0.05) is 18.3 Å². The average Bonchev–Trinajstić information content (AvgIpc) is 3.41. The van der Waals surface area contributed by atoms with Crippen LogP contribution in [-0.2, 0) is 0 Å². The maximum Gasteiger partial charge on any atom is 0.322 e. The van der Waals surface area contributed by atoms with Gasteiger partial charge in [-0.1, -0.05) is 29.0 Å². The Kier molecular flexibility index (Phi) is 6.13. The number of rotatable bonds is 4. The standard InChI is InChI=1S/C22H21F2N5O2S/c1-12-5-7-16(13(2)10-12)26-22(31)29-9-3-4-18(29)20-27-28-21(32-20)19(30)25-17-8-6-14(23)11-15(17)24/h5-8,10-11,18H,3-4,9H2,1-2H3,(H,25,30)(H,26,31). The van der Waals surface area contributed by atoms with Gasteiger partial charge < -0.3 is 15.5 Å². The van der Waals surface area contributed by atoms with Crippen molar-refractivity contribution in [3.63, 3.8) is 0 Å². The molecule has 7 nitrogen and oxygen atoms in total. The number of benzene rings is 2. The molecule has 166 valence electrons. The zero-order valence-electron chi connectivity index (χ0n) is 17.5. The Bertz CT molecular complexity index is 1180. The molecule has 10 heteroatoms. The molecule has 1 unspecified atom stereocenters. The lowest BCUT2D eigenvalue weighted by atomic mass is 10.1. The zero-order chi connectivity index (χ0) is 22.8. The first-order valence-corrected chi connectivity index (χ1v) is 10.9. The molecule has 1 saturated heterocycles. The van der Waals surface area contributed by atoms with E-state index in [0.29, 0.717) is 24.0 Å². The number of nitrogens with zero attached hydrogens (tertiary/aromatic N) is 3. The van der Waals surface area contributed by atoms with E-state index in [1.807, 2.05) is 32.0 Å². The Morgan fingerprint density at radius 3 is 2.59 bits per heavy atom. The predicted octanol–water partition coefficient (Wildman–Crippen LogP) is 5.05. The highest BCUT2D eigenvalue weighted by Crippen LogP contribution is 2.34. The van der Waals surface area contributed by atoms with E-state index in [2.05, 4.69) is 20.8 Å². The van der Waals surface area contributed by atoms with E-state index in [1.165, 1.54) is 0 Å². The molecule has 1 fully saturated rings. The van der Waals surface area contributed by atoms with Crippen LogP contribution >= 0.6 is 11.3 Å². The van der Waals surface area contributed by atoms with Gasteiger partial charge >= 0.3 is 6.03 Å². The topological polar surface area (TPSA) is 87.2 Å². The second kappa shape index (κ2) is 8.99. The summed E-state index contributed by atoms with van der Waals surface area (Å²) in [5, 5.41) is 13.9. The molecule has 2 heterocycles. The Morgan fingerprint density at radius 1 is 1.06 bits per heavy atom. The van der Waals surface area contributed by atoms with Crippen LogP contribution in [0.25, 0.3) is 0 Å². The smallest absolute Gasteiger partial charge is 0.317 e. The van der Waals surface area contributed by atoms with E-state index >= 15 is 0 Å². The van der Waals surface area contributed by atoms with Crippen LogP contribution in [0.5, 0.6) is 0 Å². The number of likely N-dealkylation sites (tertiary alicyclic amines) is 1. The fourth-order valence-corrected chi connectivity index (χ4v) is 4.52. The number of aromatic nitrogens is 2. The summed E-state index contributed by atoms with van der Waals surface area (Å²) in [4.78, 5) is 27.0. The molecular formula is C22H21F2N5O2S. The van der Waals surface area contributed by atoms with Crippen LogP contribution in [0.4, 0.5) is 25.0 Å². The average molecular weight is 458 g/mol. The molecule has 2 aromatic carbocycles. The van der Waals surface area contributed by atoms with Crippen LogP contribution < -0.4 is 10.6 Å². The molecule has 0 saturated carbocycles. The Labute approximate surface area is 187 Å². The Morgan fingerprint density at radius 2 is 1.84 bits per heavy atom. The second-order valence-electron chi connectivity index (χ2n) is 7.62. The number of carbonyl (C=O) groups is 2. The number of hydrogen-bond donors (Lipinski definition) is 2. The van der Waals surface area contributed by atoms with E-state index < -0.39 is 17.5 Å². The fraction of sp³-hybridized carbons (Fsp3) is 0.273. The summed E-state index contributed by atoms with van der Waals surface area (Å²) in [7, 11) is 0.